The molecule has 0 saturated carbocycles. The van der Waals surface area contributed by atoms with E-state index in [0.717, 1.165) is 16.8 Å². The number of hydrogen-bond acceptors (Lipinski definition) is 4. The molecule has 1 aromatic heterocycles. The van der Waals surface area contributed by atoms with Gasteiger partial charge in [0, 0.05) is 10.7 Å². The first-order chi connectivity index (χ1) is 14.3. The van der Waals surface area contributed by atoms with Crippen LogP contribution in [0.15, 0.2) is 53.4 Å². The van der Waals surface area contributed by atoms with E-state index in [1.807, 2.05) is 0 Å². The lowest BCUT2D eigenvalue weighted by Gasteiger charge is -2.18. The summed E-state index contributed by atoms with van der Waals surface area (Å²) in [6.45, 7) is 1.33. The molecule has 0 aliphatic rings. The van der Waals surface area contributed by atoms with Gasteiger partial charge in [-0.15, -0.1) is 0 Å². The van der Waals surface area contributed by atoms with Crippen molar-refractivity contribution in [1.29, 1.82) is 0 Å². The van der Waals surface area contributed by atoms with Crippen molar-refractivity contribution in [2.75, 3.05) is 0 Å². The normalized spacial score (nSPS) is 13.2. The Labute approximate surface area is 180 Å². The van der Waals surface area contributed by atoms with E-state index in [4.69, 9.17) is 22.5 Å². The maximum absolute atomic E-state index is 13.0. The zero-order valence-electron chi connectivity index (χ0n) is 15.9. The molecule has 1 amide bonds. The molecule has 1 heterocycles. The van der Waals surface area contributed by atoms with Crippen molar-refractivity contribution >= 4 is 27.5 Å². The third kappa shape index (κ3) is 4.58. The molecule has 7 nitrogen and oxygen atoms in total. The van der Waals surface area contributed by atoms with Crippen LogP contribution in [0.2, 0.25) is 5.02 Å². The summed E-state index contributed by atoms with van der Waals surface area (Å²) in [5, 5.41) is 9.01. The molecule has 4 N–H and O–H groups in total. The highest BCUT2D eigenvalue weighted by molar-refractivity contribution is 7.89. The van der Waals surface area contributed by atoms with Crippen LogP contribution in [0.5, 0.6) is 0 Å². The van der Waals surface area contributed by atoms with Crippen LogP contribution in [0.25, 0.3) is 5.69 Å². The summed E-state index contributed by atoms with van der Waals surface area (Å²) in [5.74, 6) is -1.93. The van der Waals surface area contributed by atoms with Gasteiger partial charge in [0.15, 0.2) is 5.69 Å². The number of rotatable bonds is 5. The fourth-order valence-corrected chi connectivity index (χ4v) is 4.17. The summed E-state index contributed by atoms with van der Waals surface area (Å²) in [6, 6.07) is 10.8. The van der Waals surface area contributed by atoms with E-state index < -0.39 is 38.6 Å². The predicted molar refractivity (Wildman–Crippen MR) is 107 cm³/mol. The van der Waals surface area contributed by atoms with Crippen LogP contribution in [0, 0.1) is 6.92 Å². The molecule has 12 heteroatoms. The molecule has 0 fully saturated rings. The summed E-state index contributed by atoms with van der Waals surface area (Å²) in [5.41, 5.74) is 4.64. The van der Waals surface area contributed by atoms with Crippen LogP contribution < -0.4 is 10.9 Å². The van der Waals surface area contributed by atoms with E-state index in [1.54, 1.807) is 18.2 Å². The van der Waals surface area contributed by atoms with Gasteiger partial charge < -0.3 is 5.73 Å². The monoisotopic (exact) mass is 472 g/mol. The molecule has 3 rings (SSSR count). The van der Waals surface area contributed by atoms with Crippen molar-refractivity contribution in [1.82, 2.24) is 9.78 Å². The molecular weight excluding hydrogens is 457 g/mol. The fourth-order valence-electron chi connectivity index (χ4n) is 3.18. The SMILES string of the molecule is Cc1cc(C(F)(F)F)nn1-c1ccc(C(C(N)=O)c2ccccc2Cl)cc1S(N)(=O)=O. The van der Waals surface area contributed by atoms with Gasteiger partial charge in [-0.2, -0.15) is 18.3 Å². The third-order valence-electron chi connectivity index (χ3n) is 4.53. The number of primary amides is 1. The van der Waals surface area contributed by atoms with E-state index in [1.165, 1.54) is 25.1 Å². The number of alkyl halides is 3. The number of hydrogen-bond donors (Lipinski definition) is 2. The Kier molecular flexibility index (Phi) is 5.87. The molecular formula is C19H16ClF3N4O3S. The number of carbonyl (C=O) groups is 1. The number of primary sulfonamides is 1. The Morgan fingerprint density at radius 1 is 1.16 bits per heavy atom. The first-order valence-corrected chi connectivity index (χ1v) is 10.6. The van der Waals surface area contributed by atoms with Crippen LogP contribution in [-0.2, 0) is 21.0 Å². The molecule has 0 aliphatic carbocycles. The number of nitrogens with zero attached hydrogens (tertiary/aromatic N) is 2. The van der Waals surface area contributed by atoms with Gasteiger partial charge in [-0.3, -0.25) is 4.79 Å². The van der Waals surface area contributed by atoms with Crippen molar-refractivity contribution in [2.24, 2.45) is 10.9 Å². The molecule has 31 heavy (non-hydrogen) atoms. The molecule has 0 bridgehead atoms. The highest BCUT2D eigenvalue weighted by Crippen LogP contribution is 2.34. The molecule has 1 atom stereocenters. The number of aromatic nitrogens is 2. The molecule has 3 aromatic rings. The van der Waals surface area contributed by atoms with E-state index in [9.17, 15) is 26.4 Å². The first kappa shape index (κ1) is 22.8. The minimum atomic E-state index is -4.72. The lowest BCUT2D eigenvalue weighted by Crippen LogP contribution is -2.24. The van der Waals surface area contributed by atoms with E-state index in [-0.39, 0.29) is 22.0 Å². The molecule has 1 unspecified atom stereocenters. The van der Waals surface area contributed by atoms with Crippen molar-refractivity contribution in [3.8, 4) is 5.69 Å². The first-order valence-electron chi connectivity index (χ1n) is 8.65. The van der Waals surface area contributed by atoms with Gasteiger partial charge in [0.05, 0.1) is 11.6 Å². The molecule has 2 aromatic carbocycles. The second-order valence-corrected chi connectivity index (χ2v) is 8.65. The molecule has 164 valence electrons. The van der Waals surface area contributed by atoms with E-state index in [2.05, 4.69) is 5.10 Å². The summed E-state index contributed by atoms with van der Waals surface area (Å²) >= 11 is 6.16. The molecule has 0 radical (unpaired) electrons. The maximum Gasteiger partial charge on any atom is 0.435 e. The number of aryl methyl sites for hydroxylation is 1. The summed E-state index contributed by atoms with van der Waals surface area (Å²) < 4.78 is 64.4. The number of sulfonamides is 1. The quantitative estimate of drug-likeness (QED) is 0.592. The maximum atomic E-state index is 13.0. The van der Waals surface area contributed by atoms with Gasteiger partial charge in [0.1, 0.15) is 4.90 Å². The average Bonchev–Trinajstić information content (AvgIpc) is 3.04. The van der Waals surface area contributed by atoms with Gasteiger partial charge in [0.2, 0.25) is 15.9 Å². The minimum Gasteiger partial charge on any atom is -0.369 e. The second-order valence-electron chi connectivity index (χ2n) is 6.71. The minimum absolute atomic E-state index is 0.0301. The number of carbonyl (C=O) groups excluding carboxylic acids is 1. The van der Waals surface area contributed by atoms with Gasteiger partial charge in [-0.25, -0.2) is 18.2 Å². The molecule has 0 aliphatic heterocycles. The molecule has 0 spiro atoms. The average molecular weight is 473 g/mol. The highest BCUT2D eigenvalue weighted by atomic mass is 35.5. The van der Waals surface area contributed by atoms with Crippen molar-refractivity contribution in [3.63, 3.8) is 0 Å². The highest BCUT2D eigenvalue weighted by Gasteiger charge is 2.35. The summed E-state index contributed by atoms with van der Waals surface area (Å²) in [6.07, 6.45) is -4.72. The zero-order valence-corrected chi connectivity index (χ0v) is 17.5. The van der Waals surface area contributed by atoms with Gasteiger partial charge in [-0.1, -0.05) is 35.9 Å². The lowest BCUT2D eigenvalue weighted by atomic mass is 9.90. The van der Waals surface area contributed by atoms with Crippen LogP contribution >= 0.6 is 11.6 Å². The summed E-state index contributed by atoms with van der Waals surface area (Å²) in [4.78, 5) is 11.7. The predicted octanol–water partition coefficient (Wildman–Crippen LogP) is 3.12. The van der Waals surface area contributed by atoms with Crippen molar-refractivity contribution in [3.05, 3.63) is 76.1 Å². The Morgan fingerprint density at radius 2 is 1.81 bits per heavy atom. The van der Waals surface area contributed by atoms with Crippen molar-refractivity contribution < 1.29 is 26.4 Å². The lowest BCUT2D eigenvalue weighted by molar-refractivity contribution is -0.141. The standard InChI is InChI=1S/C19H16ClF3N4O3S/c1-10-8-16(19(21,22)23)26-27(10)14-7-6-11(9-15(14)31(25,29)30)17(18(24)28)12-4-2-3-5-13(12)20/h2-9,17H,1H3,(H2,24,28)(H2,25,29,30). The van der Waals surface area contributed by atoms with E-state index >= 15 is 0 Å². The van der Waals surface area contributed by atoms with Crippen LogP contribution in [0.1, 0.15) is 28.4 Å². The smallest absolute Gasteiger partial charge is 0.369 e. The Bertz CT molecular complexity index is 1270. The Balaban J connectivity index is 2.24. The van der Waals surface area contributed by atoms with Gasteiger partial charge >= 0.3 is 6.18 Å². The number of amides is 1. The zero-order chi connectivity index (χ0) is 23.1. The van der Waals surface area contributed by atoms with E-state index in [0.29, 0.717) is 5.56 Å². The van der Waals surface area contributed by atoms with Crippen molar-refractivity contribution in [2.45, 2.75) is 23.9 Å². The van der Waals surface area contributed by atoms with Gasteiger partial charge in [-0.05, 0) is 42.3 Å². The number of nitrogens with two attached hydrogens (primary N) is 2. The van der Waals surface area contributed by atoms with Crippen LogP contribution in [0.3, 0.4) is 0 Å². The Morgan fingerprint density at radius 3 is 2.32 bits per heavy atom. The summed E-state index contributed by atoms with van der Waals surface area (Å²) in [7, 11) is -4.43. The van der Waals surface area contributed by atoms with Gasteiger partial charge in [0.25, 0.3) is 0 Å². The number of halogens is 4. The Hall–Kier alpha value is -2.89. The molecule has 0 saturated heterocycles. The van der Waals surface area contributed by atoms with Crippen LogP contribution in [0.4, 0.5) is 13.2 Å². The number of benzene rings is 2. The van der Waals surface area contributed by atoms with Crippen LogP contribution in [-0.4, -0.2) is 24.1 Å². The third-order valence-corrected chi connectivity index (χ3v) is 5.81. The second kappa shape index (κ2) is 7.98. The topological polar surface area (TPSA) is 121 Å². The fraction of sp³-hybridized carbons (Fsp3) is 0.158. The largest absolute Gasteiger partial charge is 0.435 e.